The number of amidine groups is 1. The van der Waals surface area contributed by atoms with E-state index in [0.29, 0.717) is 6.54 Å². The molecule has 0 bridgehead atoms. The molecule has 6 heteroatoms. The summed E-state index contributed by atoms with van der Waals surface area (Å²) >= 11 is 2.13. The Kier molecular flexibility index (Phi) is 2.69. The van der Waals surface area contributed by atoms with Gasteiger partial charge in [0, 0.05) is 6.20 Å². The molecule has 0 unspecified atom stereocenters. The summed E-state index contributed by atoms with van der Waals surface area (Å²) in [6.07, 6.45) is 3.50. The standard InChI is InChI=1S/C5H7IN4O/c6-4-1-8-10(2-4)3-5(7)9-11/h1-2,11H,3H2,(H2,7,9). The lowest BCUT2D eigenvalue weighted by Crippen LogP contribution is -2.19. The number of nitrogens with zero attached hydrogens (tertiary/aromatic N) is 3. The Morgan fingerprint density at radius 2 is 2.64 bits per heavy atom. The van der Waals surface area contributed by atoms with E-state index in [1.54, 1.807) is 17.1 Å². The Hall–Kier alpha value is -0.790. The highest BCUT2D eigenvalue weighted by Crippen LogP contribution is 2.00. The van der Waals surface area contributed by atoms with Crippen LogP contribution in [0, 0.1) is 3.57 Å². The van der Waals surface area contributed by atoms with Crippen LogP contribution in [0.5, 0.6) is 0 Å². The zero-order valence-corrected chi connectivity index (χ0v) is 7.76. The smallest absolute Gasteiger partial charge is 0.160 e. The maximum atomic E-state index is 8.22. The molecule has 0 spiro atoms. The molecule has 1 aromatic heterocycles. The molecule has 60 valence electrons. The van der Waals surface area contributed by atoms with Gasteiger partial charge in [-0.05, 0) is 22.6 Å². The van der Waals surface area contributed by atoms with E-state index < -0.39 is 0 Å². The molecule has 0 aliphatic carbocycles. The van der Waals surface area contributed by atoms with Gasteiger partial charge in [-0.25, -0.2) is 0 Å². The van der Waals surface area contributed by atoms with Crippen molar-refractivity contribution in [1.82, 2.24) is 9.78 Å². The molecule has 0 atom stereocenters. The van der Waals surface area contributed by atoms with Gasteiger partial charge in [0.25, 0.3) is 0 Å². The molecule has 5 nitrogen and oxygen atoms in total. The Bertz CT molecular complexity index is 269. The second-order valence-corrected chi connectivity index (χ2v) is 3.19. The van der Waals surface area contributed by atoms with Crippen LogP contribution in [0.3, 0.4) is 0 Å². The Morgan fingerprint density at radius 1 is 1.91 bits per heavy atom. The maximum Gasteiger partial charge on any atom is 0.160 e. The number of aromatic nitrogens is 2. The quantitative estimate of drug-likeness (QED) is 0.264. The monoisotopic (exact) mass is 266 g/mol. The minimum atomic E-state index is 0.143. The molecule has 0 amide bonds. The topological polar surface area (TPSA) is 76.4 Å². The van der Waals surface area contributed by atoms with Crippen molar-refractivity contribution in [3.63, 3.8) is 0 Å². The summed E-state index contributed by atoms with van der Waals surface area (Å²) in [5, 5.41) is 15.0. The highest BCUT2D eigenvalue weighted by atomic mass is 127. The molecule has 3 N–H and O–H groups in total. The average Bonchev–Trinajstić information content (AvgIpc) is 2.35. The first-order valence-corrected chi connectivity index (χ1v) is 3.94. The zero-order chi connectivity index (χ0) is 8.27. The third kappa shape index (κ3) is 2.37. The number of oxime groups is 1. The third-order valence-electron chi connectivity index (χ3n) is 1.05. The van der Waals surface area contributed by atoms with E-state index >= 15 is 0 Å². The maximum absolute atomic E-state index is 8.22. The zero-order valence-electron chi connectivity index (χ0n) is 5.61. The average molecular weight is 266 g/mol. The molecule has 11 heavy (non-hydrogen) atoms. The summed E-state index contributed by atoms with van der Waals surface area (Å²) in [7, 11) is 0. The molecular weight excluding hydrogens is 259 g/mol. The highest BCUT2D eigenvalue weighted by Gasteiger charge is 1.96. The third-order valence-corrected chi connectivity index (χ3v) is 1.61. The molecule has 1 heterocycles. The van der Waals surface area contributed by atoms with E-state index in [4.69, 9.17) is 10.9 Å². The van der Waals surface area contributed by atoms with Gasteiger partial charge in [0.1, 0.15) is 6.54 Å². The van der Waals surface area contributed by atoms with Crippen LogP contribution in [0.25, 0.3) is 0 Å². The fraction of sp³-hybridized carbons (Fsp3) is 0.200. The van der Waals surface area contributed by atoms with Crippen molar-refractivity contribution in [3.05, 3.63) is 16.0 Å². The largest absolute Gasteiger partial charge is 0.409 e. The SMILES string of the molecule is NC(Cn1cc(I)cn1)=NO. The van der Waals surface area contributed by atoms with Crippen molar-refractivity contribution < 1.29 is 5.21 Å². The number of hydrogen-bond donors (Lipinski definition) is 2. The van der Waals surface area contributed by atoms with E-state index in [-0.39, 0.29) is 5.84 Å². The van der Waals surface area contributed by atoms with Crippen LogP contribution < -0.4 is 5.73 Å². The summed E-state index contributed by atoms with van der Waals surface area (Å²) in [6, 6.07) is 0. The lowest BCUT2D eigenvalue weighted by Gasteiger charge is -1.96. The Labute approximate surface area is 77.0 Å². The van der Waals surface area contributed by atoms with Crippen molar-refractivity contribution in [1.29, 1.82) is 0 Å². The number of hydrogen-bond acceptors (Lipinski definition) is 3. The normalized spacial score (nSPS) is 11.9. The molecule has 0 aliphatic heterocycles. The minimum Gasteiger partial charge on any atom is -0.409 e. The first-order chi connectivity index (χ1) is 5.22. The molecule has 0 saturated carbocycles. The van der Waals surface area contributed by atoms with E-state index in [1.807, 2.05) is 0 Å². The second kappa shape index (κ2) is 3.56. The van der Waals surface area contributed by atoms with Gasteiger partial charge in [0.05, 0.1) is 9.77 Å². The van der Waals surface area contributed by atoms with Crippen molar-refractivity contribution in [2.24, 2.45) is 10.9 Å². The van der Waals surface area contributed by atoms with Crippen LogP contribution in [0.4, 0.5) is 0 Å². The van der Waals surface area contributed by atoms with E-state index in [9.17, 15) is 0 Å². The van der Waals surface area contributed by atoms with Crippen molar-refractivity contribution in [2.45, 2.75) is 6.54 Å². The van der Waals surface area contributed by atoms with Crippen LogP contribution in [0.1, 0.15) is 0 Å². The molecule has 0 saturated heterocycles. The van der Waals surface area contributed by atoms with Crippen molar-refractivity contribution >= 4 is 28.4 Å². The van der Waals surface area contributed by atoms with Gasteiger partial charge in [-0.2, -0.15) is 5.10 Å². The summed E-state index contributed by atoms with van der Waals surface area (Å²) in [5.41, 5.74) is 5.25. The first-order valence-electron chi connectivity index (χ1n) is 2.86. The Balaban J connectivity index is 2.65. The second-order valence-electron chi connectivity index (χ2n) is 1.95. The van der Waals surface area contributed by atoms with E-state index in [2.05, 4.69) is 32.8 Å². The first kappa shape index (κ1) is 8.31. The van der Waals surface area contributed by atoms with Crippen LogP contribution in [-0.4, -0.2) is 20.8 Å². The van der Waals surface area contributed by atoms with Gasteiger partial charge in [0.2, 0.25) is 0 Å². The summed E-state index contributed by atoms with van der Waals surface area (Å²) in [5.74, 6) is 0.143. The van der Waals surface area contributed by atoms with Gasteiger partial charge in [-0.15, -0.1) is 0 Å². The molecule has 0 radical (unpaired) electrons. The van der Waals surface area contributed by atoms with E-state index in [0.717, 1.165) is 3.57 Å². The summed E-state index contributed by atoms with van der Waals surface area (Å²) in [4.78, 5) is 0. The van der Waals surface area contributed by atoms with Crippen molar-refractivity contribution in [2.75, 3.05) is 0 Å². The summed E-state index contributed by atoms with van der Waals surface area (Å²) in [6.45, 7) is 0.319. The van der Waals surface area contributed by atoms with Crippen molar-refractivity contribution in [3.8, 4) is 0 Å². The Morgan fingerprint density at radius 3 is 3.09 bits per heavy atom. The summed E-state index contributed by atoms with van der Waals surface area (Å²) < 4.78 is 2.62. The molecule has 0 aromatic carbocycles. The number of rotatable bonds is 2. The number of nitrogens with two attached hydrogens (primary N) is 1. The van der Waals surface area contributed by atoms with Crippen LogP contribution in [0.2, 0.25) is 0 Å². The minimum absolute atomic E-state index is 0.143. The molecule has 1 rings (SSSR count). The lowest BCUT2D eigenvalue weighted by atomic mass is 10.6. The van der Waals surface area contributed by atoms with Crippen LogP contribution in [-0.2, 0) is 6.54 Å². The van der Waals surface area contributed by atoms with Gasteiger partial charge in [-0.1, -0.05) is 5.16 Å². The lowest BCUT2D eigenvalue weighted by molar-refractivity contribution is 0.316. The van der Waals surface area contributed by atoms with Gasteiger partial charge >= 0.3 is 0 Å². The number of halogens is 1. The highest BCUT2D eigenvalue weighted by molar-refractivity contribution is 14.1. The van der Waals surface area contributed by atoms with Crippen LogP contribution >= 0.6 is 22.6 Å². The van der Waals surface area contributed by atoms with E-state index in [1.165, 1.54) is 0 Å². The molecule has 0 fully saturated rings. The molecule has 0 aliphatic rings. The molecular formula is C5H7IN4O. The van der Waals surface area contributed by atoms with Gasteiger partial charge in [0.15, 0.2) is 5.84 Å². The fourth-order valence-corrected chi connectivity index (χ4v) is 1.07. The fourth-order valence-electron chi connectivity index (χ4n) is 0.622. The van der Waals surface area contributed by atoms with Gasteiger partial charge < -0.3 is 10.9 Å². The predicted molar refractivity (Wildman–Crippen MR) is 48.4 cm³/mol. The predicted octanol–water partition coefficient (Wildman–Crippen LogP) is 0.234. The van der Waals surface area contributed by atoms with Crippen LogP contribution in [0.15, 0.2) is 17.5 Å². The van der Waals surface area contributed by atoms with Gasteiger partial charge in [-0.3, -0.25) is 4.68 Å². The molecule has 1 aromatic rings.